The molecule has 0 saturated carbocycles. The summed E-state index contributed by atoms with van der Waals surface area (Å²) in [7, 11) is 1.36. The molecule has 13 nitrogen and oxygen atoms in total. The number of benzene rings is 2. The number of hydrogen-bond acceptors (Lipinski definition) is 11. The van der Waals surface area contributed by atoms with Crippen molar-refractivity contribution in [2.24, 2.45) is 5.73 Å². The van der Waals surface area contributed by atoms with E-state index >= 15 is 0 Å². The zero-order chi connectivity index (χ0) is 31.6. The maximum Gasteiger partial charge on any atom is 0.404 e. The van der Waals surface area contributed by atoms with E-state index in [1.54, 1.807) is 13.8 Å². The van der Waals surface area contributed by atoms with Crippen molar-refractivity contribution >= 4 is 28.7 Å². The van der Waals surface area contributed by atoms with Gasteiger partial charge in [0.15, 0.2) is 23.6 Å². The molecule has 1 aromatic heterocycles. The zero-order valence-electron chi connectivity index (χ0n) is 24.2. The Morgan fingerprint density at radius 1 is 1.14 bits per heavy atom. The fraction of sp³-hybridized carbons (Fsp3) is 0.367. The van der Waals surface area contributed by atoms with Crippen molar-refractivity contribution in [2.75, 3.05) is 12.4 Å². The summed E-state index contributed by atoms with van der Waals surface area (Å²) < 4.78 is 27.5. The highest BCUT2D eigenvalue weighted by Crippen LogP contribution is 2.36. The summed E-state index contributed by atoms with van der Waals surface area (Å²) in [5.41, 5.74) is 4.19. The molecule has 4 rings (SSSR count). The molecule has 43 heavy (non-hydrogen) atoms. The first-order valence-electron chi connectivity index (χ1n) is 13.3. The first-order valence-corrected chi connectivity index (χ1v) is 13.3. The van der Waals surface area contributed by atoms with Gasteiger partial charge in [0.25, 0.3) is 5.91 Å². The third-order valence-corrected chi connectivity index (χ3v) is 6.94. The number of phenols is 1. The van der Waals surface area contributed by atoms with Gasteiger partial charge in [0, 0.05) is 18.7 Å². The smallest absolute Gasteiger partial charge is 0.404 e. The first kappa shape index (κ1) is 31.3. The van der Waals surface area contributed by atoms with Gasteiger partial charge < -0.3 is 49.7 Å². The van der Waals surface area contributed by atoms with Crippen LogP contribution >= 0.6 is 0 Å². The number of methoxy groups -OCH3 is 1. The van der Waals surface area contributed by atoms with Crippen LogP contribution in [0, 0.1) is 0 Å². The van der Waals surface area contributed by atoms with Crippen LogP contribution in [0.2, 0.25) is 0 Å². The molecule has 2 amide bonds. The third-order valence-electron chi connectivity index (χ3n) is 6.94. The van der Waals surface area contributed by atoms with E-state index in [0.717, 1.165) is 5.57 Å². The highest BCUT2D eigenvalue weighted by atomic mass is 16.7. The second kappa shape index (κ2) is 12.3. The van der Waals surface area contributed by atoms with E-state index in [1.807, 2.05) is 19.9 Å². The fourth-order valence-electron chi connectivity index (χ4n) is 4.82. The number of amides is 2. The molecule has 230 valence electrons. The number of rotatable bonds is 8. The Labute approximate surface area is 246 Å². The lowest BCUT2D eigenvalue weighted by Crippen LogP contribution is -2.65. The van der Waals surface area contributed by atoms with Crippen LogP contribution in [0.25, 0.3) is 11.0 Å². The predicted molar refractivity (Wildman–Crippen MR) is 154 cm³/mol. The van der Waals surface area contributed by atoms with Gasteiger partial charge in [-0.05, 0) is 70.0 Å². The molecule has 13 heteroatoms. The van der Waals surface area contributed by atoms with Crippen molar-refractivity contribution in [3.8, 4) is 17.2 Å². The summed E-state index contributed by atoms with van der Waals surface area (Å²) in [6.45, 7) is 7.12. The van der Waals surface area contributed by atoms with E-state index in [4.69, 9.17) is 29.1 Å². The molecule has 0 radical (unpaired) electrons. The van der Waals surface area contributed by atoms with E-state index in [2.05, 4.69) is 5.32 Å². The number of aliphatic hydroxyl groups is 1. The summed E-state index contributed by atoms with van der Waals surface area (Å²) in [6.07, 6.45) is -3.79. The number of carbonyl (C=O) groups is 2. The van der Waals surface area contributed by atoms with Crippen LogP contribution in [0.15, 0.2) is 57.3 Å². The molecule has 1 aliphatic heterocycles. The number of primary amides is 1. The predicted octanol–water partition coefficient (Wildman–Crippen LogP) is 3.32. The lowest BCUT2D eigenvalue weighted by Gasteiger charge is -2.47. The molecule has 1 fully saturated rings. The number of nitrogens with one attached hydrogen (secondary N) is 1. The Bertz CT molecular complexity index is 1620. The standard InChI is InChI=1S/C30H34N2O11/c1-14(2)6-7-15-12-16(8-11-19(15)33)26(36)32-21-22(34)18-10-9-17(13-20(18)41-27(21)37)40-28-23(35)24(42-29(31)38)25(39-5)30(3,4)43-28/h6,8-13,23-25,28,33-35H,7H2,1-5H3,(H2,31,38)(H,32,36)/t23-,24+,25+,28+/m1/s1. The van der Waals surface area contributed by atoms with Gasteiger partial charge in [0.1, 0.15) is 23.2 Å². The molecule has 0 unspecified atom stereocenters. The zero-order valence-corrected chi connectivity index (χ0v) is 24.2. The summed E-state index contributed by atoms with van der Waals surface area (Å²) in [5.74, 6) is -1.14. The third kappa shape index (κ3) is 6.74. The second-order valence-electron chi connectivity index (χ2n) is 10.8. The number of ether oxygens (including phenoxy) is 4. The molecule has 4 atom stereocenters. The Hall–Kier alpha value is -4.59. The van der Waals surface area contributed by atoms with Crippen molar-refractivity contribution in [2.45, 2.75) is 64.3 Å². The number of carbonyl (C=O) groups excluding carboxylic acids is 2. The van der Waals surface area contributed by atoms with Gasteiger partial charge in [-0.1, -0.05) is 11.6 Å². The molecule has 0 aliphatic carbocycles. The van der Waals surface area contributed by atoms with Gasteiger partial charge in [-0.3, -0.25) is 4.79 Å². The summed E-state index contributed by atoms with van der Waals surface area (Å²) >= 11 is 0. The number of nitrogens with two attached hydrogens (primary N) is 1. The largest absolute Gasteiger partial charge is 0.508 e. The quantitative estimate of drug-likeness (QED) is 0.188. The Morgan fingerprint density at radius 3 is 2.51 bits per heavy atom. The SMILES string of the molecule is CO[C@H]1[C@@H](OC(N)=O)[C@@H](O)[C@@H](Oc2ccc3c(O)c(NC(=O)c4ccc(O)c(CC=C(C)C)c4)c(=O)oc3c2)OC1(C)C. The van der Waals surface area contributed by atoms with E-state index in [-0.39, 0.29) is 28.0 Å². The summed E-state index contributed by atoms with van der Waals surface area (Å²) in [5, 5.41) is 34.3. The number of phenolic OH excluding ortho intramolecular Hbond substituents is 1. The van der Waals surface area contributed by atoms with Crippen LogP contribution in [0.4, 0.5) is 10.5 Å². The maximum atomic E-state index is 12.9. The lowest BCUT2D eigenvalue weighted by molar-refractivity contribution is -0.304. The lowest BCUT2D eigenvalue weighted by atomic mass is 9.89. The maximum absolute atomic E-state index is 12.9. The highest BCUT2D eigenvalue weighted by Gasteiger charge is 2.53. The molecule has 6 N–H and O–H groups in total. The van der Waals surface area contributed by atoms with Gasteiger partial charge in [-0.25, -0.2) is 9.59 Å². The van der Waals surface area contributed by atoms with Crippen LogP contribution in [-0.2, 0) is 20.6 Å². The number of hydrogen-bond donors (Lipinski definition) is 5. The number of aliphatic hydroxyl groups excluding tert-OH is 1. The normalized spacial score (nSPS) is 21.2. The van der Waals surface area contributed by atoms with Crippen molar-refractivity contribution < 1.29 is 48.3 Å². The van der Waals surface area contributed by atoms with Crippen LogP contribution in [0.1, 0.15) is 43.6 Å². The number of allylic oxidation sites excluding steroid dienone is 2. The van der Waals surface area contributed by atoms with Gasteiger partial charge in [0.2, 0.25) is 6.29 Å². The summed E-state index contributed by atoms with van der Waals surface area (Å²) in [6, 6.07) is 8.33. The van der Waals surface area contributed by atoms with Crippen molar-refractivity contribution in [1.29, 1.82) is 0 Å². The van der Waals surface area contributed by atoms with Gasteiger partial charge in [-0.15, -0.1) is 0 Å². The van der Waals surface area contributed by atoms with Gasteiger partial charge in [0.05, 0.1) is 11.0 Å². The van der Waals surface area contributed by atoms with E-state index in [9.17, 15) is 29.7 Å². The highest BCUT2D eigenvalue weighted by molar-refractivity contribution is 6.06. The molecule has 0 bridgehead atoms. The van der Waals surface area contributed by atoms with Crippen LogP contribution in [0.3, 0.4) is 0 Å². The van der Waals surface area contributed by atoms with Crippen molar-refractivity contribution in [3.05, 3.63) is 69.6 Å². The topological polar surface area (TPSA) is 200 Å². The van der Waals surface area contributed by atoms with Crippen LogP contribution < -0.4 is 21.4 Å². The molecule has 2 heterocycles. The van der Waals surface area contributed by atoms with Crippen LogP contribution in [0.5, 0.6) is 17.2 Å². The molecule has 1 aliphatic rings. The van der Waals surface area contributed by atoms with Crippen LogP contribution in [-0.4, -0.2) is 64.6 Å². The first-order chi connectivity index (χ1) is 20.2. The Balaban J connectivity index is 1.58. The minimum absolute atomic E-state index is 0.0179. The van der Waals surface area contributed by atoms with Gasteiger partial charge >= 0.3 is 11.7 Å². The molecular formula is C30H34N2O11. The van der Waals surface area contributed by atoms with Crippen molar-refractivity contribution in [1.82, 2.24) is 0 Å². The Kier molecular flexibility index (Phi) is 8.99. The molecular weight excluding hydrogens is 564 g/mol. The molecule has 2 aromatic carbocycles. The summed E-state index contributed by atoms with van der Waals surface area (Å²) in [4.78, 5) is 37.2. The fourth-order valence-corrected chi connectivity index (χ4v) is 4.82. The second-order valence-corrected chi connectivity index (χ2v) is 10.8. The number of aromatic hydroxyl groups is 2. The van der Waals surface area contributed by atoms with E-state index in [0.29, 0.717) is 12.0 Å². The van der Waals surface area contributed by atoms with E-state index < -0.39 is 59.3 Å². The molecule has 1 saturated heterocycles. The Morgan fingerprint density at radius 2 is 1.86 bits per heavy atom. The van der Waals surface area contributed by atoms with E-state index in [1.165, 1.54) is 43.5 Å². The average Bonchev–Trinajstić information content (AvgIpc) is 2.92. The monoisotopic (exact) mass is 598 g/mol. The number of fused-ring (bicyclic) bond motifs is 1. The average molecular weight is 599 g/mol. The minimum Gasteiger partial charge on any atom is -0.508 e. The molecule has 3 aromatic rings. The van der Waals surface area contributed by atoms with Crippen molar-refractivity contribution in [3.63, 3.8) is 0 Å². The molecule has 0 spiro atoms. The van der Waals surface area contributed by atoms with Gasteiger partial charge in [-0.2, -0.15) is 0 Å². The minimum atomic E-state index is -1.51. The number of anilines is 1.